The fourth-order valence-corrected chi connectivity index (χ4v) is 2.10. The van der Waals surface area contributed by atoms with E-state index in [1.54, 1.807) is 0 Å². The van der Waals surface area contributed by atoms with E-state index in [-0.39, 0.29) is 29.6 Å². The summed E-state index contributed by atoms with van der Waals surface area (Å²) in [5, 5.41) is 30.4. The van der Waals surface area contributed by atoms with Crippen molar-refractivity contribution in [1.29, 1.82) is 0 Å². The number of hydrogen-bond acceptors (Lipinski definition) is 5. The average Bonchev–Trinajstić information content (AvgIpc) is 2.43. The van der Waals surface area contributed by atoms with Crippen LogP contribution in [0.4, 0.5) is 0 Å². The van der Waals surface area contributed by atoms with Crippen LogP contribution in [0.2, 0.25) is 0 Å². The first-order valence-corrected chi connectivity index (χ1v) is 7.21. The predicted octanol–water partition coefficient (Wildman–Crippen LogP) is 0.922. The van der Waals surface area contributed by atoms with E-state index >= 15 is 0 Å². The number of amides is 1. The zero-order chi connectivity index (χ0) is 15.7. The van der Waals surface area contributed by atoms with Crippen molar-refractivity contribution in [2.45, 2.75) is 19.8 Å². The molecule has 0 aliphatic rings. The first kappa shape index (κ1) is 17.3. The molecular formula is C15H24N2O4. The Morgan fingerprint density at radius 2 is 2.00 bits per heavy atom. The average molecular weight is 296 g/mol. The van der Waals surface area contributed by atoms with E-state index in [4.69, 9.17) is 5.11 Å². The Balaban J connectivity index is 2.36. The summed E-state index contributed by atoms with van der Waals surface area (Å²) in [5.74, 6) is -0.680. The Kier molecular flexibility index (Phi) is 7.56. The van der Waals surface area contributed by atoms with Crippen molar-refractivity contribution in [2.24, 2.45) is 0 Å². The lowest BCUT2D eigenvalue weighted by Crippen LogP contribution is -2.32. The number of carbonyl (C=O) groups is 1. The second-order valence-corrected chi connectivity index (χ2v) is 4.88. The van der Waals surface area contributed by atoms with Gasteiger partial charge >= 0.3 is 0 Å². The minimum atomic E-state index is -0.364. The molecule has 0 saturated carbocycles. The van der Waals surface area contributed by atoms with Gasteiger partial charge < -0.3 is 25.5 Å². The van der Waals surface area contributed by atoms with Crippen molar-refractivity contribution < 1.29 is 20.1 Å². The van der Waals surface area contributed by atoms with Crippen LogP contribution < -0.4 is 5.32 Å². The van der Waals surface area contributed by atoms with Crippen LogP contribution in [0.15, 0.2) is 18.2 Å². The van der Waals surface area contributed by atoms with E-state index in [0.717, 1.165) is 32.0 Å². The van der Waals surface area contributed by atoms with Gasteiger partial charge in [0.05, 0.1) is 12.2 Å². The summed E-state index contributed by atoms with van der Waals surface area (Å²) in [4.78, 5) is 14.0. The number of aliphatic hydroxyl groups is 1. The molecule has 0 fully saturated rings. The Hall–Kier alpha value is -1.79. The molecule has 0 unspecified atom stereocenters. The smallest absolute Gasteiger partial charge is 0.255 e. The second-order valence-electron chi connectivity index (χ2n) is 4.88. The van der Waals surface area contributed by atoms with E-state index in [1.807, 2.05) is 0 Å². The maximum absolute atomic E-state index is 11.9. The van der Waals surface area contributed by atoms with Gasteiger partial charge in [-0.15, -0.1) is 0 Å². The topological polar surface area (TPSA) is 93.0 Å². The van der Waals surface area contributed by atoms with Crippen LogP contribution in [0.25, 0.3) is 0 Å². The van der Waals surface area contributed by atoms with Crippen LogP contribution in [-0.2, 0) is 0 Å². The first-order valence-electron chi connectivity index (χ1n) is 7.21. The Morgan fingerprint density at radius 3 is 2.62 bits per heavy atom. The van der Waals surface area contributed by atoms with Crippen LogP contribution in [0, 0.1) is 0 Å². The summed E-state index contributed by atoms with van der Waals surface area (Å²) in [5.41, 5.74) is 0.147. The van der Waals surface area contributed by atoms with Crippen molar-refractivity contribution in [3.05, 3.63) is 23.8 Å². The Bertz CT molecular complexity index is 445. The lowest BCUT2D eigenvalue weighted by Gasteiger charge is -2.20. The number of carbonyl (C=O) groups excluding carboxylic acids is 1. The number of rotatable bonds is 9. The normalized spacial score (nSPS) is 10.8. The number of phenolic OH excluding ortho intramolecular Hbond substituents is 2. The van der Waals surface area contributed by atoms with E-state index in [2.05, 4.69) is 17.1 Å². The van der Waals surface area contributed by atoms with Gasteiger partial charge in [-0.25, -0.2) is 0 Å². The minimum Gasteiger partial charge on any atom is -0.508 e. The molecule has 0 heterocycles. The molecule has 118 valence electrons. The summed E-state index contributed by atoms with van der Waals surface area (Å²) < 4.78 is 0. The van der Waals surface area contributed by atoms with Gasteiger partial charge in [-0.05, 0) is 38.1 Å². The lowest BCUT2D eigenvalue weighted by molar-refractivity contribution is 0.0948. The van der Waals surface area contributed by atoms with Crippen molar-refractivity contribution in [1.82, 2.24) is 10.2 Å². The summed E-state index contributed by atoms with van der Waals surface area (Å²) in [6, 6.07) is 3.88. The molecule has 1 aromatic rings. The lowest BCUT2D eigenvalue weighted by atomic mass is 10.2. The molecule has 0 spiro atoms. The van der Waals surface area contributed by atoms with Gasteiger partial charge in [0.1, 0.15) is 11.5 Å². The standard InChI is InChI=1S/C15H24N2O4/c1-2-7-17(9-10-18)8-3-6-16-15(21)13-5-4-12(19)11-14(13)20/h4-5,11,18-20H,2-3,6-10H2,1H3,(H,16,21). The van der Waals surface area contributed by atoms with Crippen LogP contribution in [0.5, 0.6) is 11.5 Å². The quantitative estimate of drug-likeness (QED) is 0.509. The number of aliphatic hydroxyl groups excluding tert-OH is 1. The molecule has 1 aromatic carbocycles. The van der Waals surface area contributed by atoms with E-state index in [9.17, 15) is 15.0 Å². The van der Waals surface area contributed by atoms with Crippen LogP contribution in [0.1, 0.15) is 30.1 Å². The van der Waals surface area contributed by atoms with Gasteiger partial charge in [0, 0.05) is 19.2 Å². The molecule has 0 aromatic heterocycles. The number of aromatic hydroxyl groups is 2. The number of nitrogens with one attached hydrogen (secondary N) is 1. The number of hydrogen-bond donors (Lipinski definition) is 4. The molecule has 6 nitrogen and oxygen atoms in total. The third-order valence-electron chi connectivity index (χ3n) is 3.12. The third kappa shape index (κ3) is 6.01. The summed E-state index contributed by atoms with van der Waals surface area (Å²) in [7, 11) is 0. The van der Waals surface area contributed by atoms with Gasteiger partial charge in [-0.3, -0.25) is 4.79 Å². The van der Waals surface area contributed by atoms with Gasteiger partial charge in [-0.2, -0.15) is 0 Å². The molecule has 21 heavy (non-hydrogen) atoms. The molecule has 0 aliphatic carbocycles. The zero-order valence-electron chi connectivity index (χ0n) is 12.4. The van der Waals surface area contributed by atoms with Gasteiger partial charge in [0.2, 0.25) is 0 Å². The molecule has 0 radical (unpaired) electrons. The molecule has 0 bridgehead atoms. The minimum absolute atomic E-state index is 0.0803. The van der Waals surface area contributed by atoms with Crippen LogP contribution in [0.3, 0.4) is 0 Å². The number of nitrogens with zero attached hydrogens (tertiary/aromatic N) is 1. The summed E-state index contributed by atoms with van der Waals surface area (Å²) in [6.07, 6.45) is 1.79. The molecule has 1 rings (SSSR count). The van der Waals surface area contributed by atoms with E-state index < -0.39 is 0 Å². The maximum Gasteiger partial charge on any atom is 0.255 e. The highest BCUT2D eigenvalue weighted by Crippen LogP contribution is 2.22. The van der Waals surface area contributed by atoms with Gasteiger partial charge in [0.25, 0.3) is 5.91 Å². The number of benzene rings is 1. The van der Waals surface area contributed by atoms with Crippen molar-refractivity contribution >= 4 is 5.91 Å². The van der Waals surface area contributed by atoms with Crippen molar-refractivity contribution in [3.63, 3.8) is 0 Å². The highest BCUT2D eigenvalue weighted by molar-refractivity contribution is 5.96. The highest BCUT2D eigenvalue weighted by atomic mass is 16.3. The van der Waals surface area contributed by atoms with Crippen LogP contribution in [-0.4, -0.2) is 58.9 Å². The van der Waals surface area contributed by atoms with E-state index in [0.29, 0.717) is 13.1 Å². The number of phenols is 2. The SMILES string of the molecule is CCCN(CCO)CCCNC(=O)c1ccc(O)cc1O. The first-order chi connectivity index (χ1) is 10.1. The molecular weight excluding hydrogens is 272 g/mol. The molecule has 0 saturated heterocycles. The molecule has 1 amide bonds. The van der Waals surface area contributed by atoms with E-state index in [1.165, 1.54) is 12.1 Å². The highest BCUT2D eigenvalue weighted by Gasteiger charge is 2.11. The molecule has 0 aliphatic heterocycles. The fourth-order valence-electron chi connectivity index (χ4n) is 2.10. The predicted molar refractivity (Wildman–Crippen MR) is 80.5 cm³/mol. The zero-order valence-corrected chi connectivity index (χ0v) is 12.4. The molecule has 4 N–H and O–H groups in total. The summed E-state index contributed by atoms with van der Waals surface area (Å²) in [6.45, 7) is 5.07. The van der Waals surface area contributed by atoms with Crippen LogP contribution >= 0.6 is 0 Å². The monoisotopic (exact) mass is 296 g/mol. The molecule has 0 atom stereocenters. The van der Waals surface area contributed by atoms with Gasteiger partial charge in [-0.1, -0.05) is 6.92 Å². The Morgan fingerprint density at radius 1 is 1.24 bits per heavy atom. The van der Waals surface area contributed by atoms with Gasteiger partial charge in [0.15, 0.2) is 0 Å². The maximum atomic E-state index is 11.9. The van der Waals surface area contributed by atoms with Crippen molar-refractivity contribution in [3.8, 4) is 11.5 Å². The third-order valence-corrected chi connectivity index (χ3v) is 3.12. The van der Waals surface area contributed by atoms with Crippen molar-refractivity contribution in [2.75, 3.05) is 32.8 Å². The molecule has 6 heteroatoms. The largest absolute Gasteiger partial charge is 0.508 e. The second kappa shape index (κ2) is 9.20. The fraction of sp³-hybridized carbons (Fsp3) is 0.533. The summed E-state index contributed by atoms with van der Waals surface area (Å²) >= 11 is 0. The Labute approximate surface area is 125 Å².